The lowest BCUT2D eigenvalue weighted by molar-refractivity contribution is 0.0494. The lowest BCUT2D eigenvalue weighted by Crippen LogP contribution is -2.44. The van der Waals surface area contributed by atoms with Gasteiger partial charge in [-0.05, 0) is 27.7 Å². The van der Waals surface area contributed by atoms with Gasteiger partial charge in [-0.3, -0.25) is 5.43 Å². The van der Waals surface area contributed by atoms with Crippen LogP contribution >= 0.6 is 0 Å². The number of rotatable bonds is 2. The lowest BCUT2D eigenvalue weighted by Gasteiger charge is -2.20. The second-order valence-electron chi connectivity index (χ2n) is 3.66. The van der Waals surface area contributed by atoms with E-state index in [9.17, 15) is 4.79 Å². The van der Waals surface area contributed by atoms with Crippen molar-refractivity contribution < 1.29 is 9.53 Å². The van der Waals surface area contributed by atoms with E-state index in [2.05, 4.69) is 16.8 Å². The lowest BCUT2D eigenvalue weighted by atomic mass is 10.2. The first-order valence-electron chi connectivity index (χ1n) is 4.06. The molecule has 0 heterocycles. The fourth-order valence-corrected chi connectivity index (χ4v) is 0.512. The molecule has 0 fully saturated rings. The summed E-state index contributed by atoms with van der Waals surface area (Å²) in [5.41, 5.74) is 4.44. The molecule has 0 radical (unpaired) electrons. The Morgan fingerprint density at radius 1 is 1.54 bits per heavy atom. The van der Waals surface area contributed by atoms with E-state index < -0.39 is 11.7 Å². The standard InChI is InChI=1S/C9H16N2O2/c1-6-7(2)10-11-8(12)13-9(3,4)5/h1,7,10H,2-5H3,(H,11,12)/t7-/m0/s1. The van der Waals surface area contributed by atoms with Gasteiger partial charge in [-0.15, -0.1) is 6.42 Å². The molecular weight excluding hydrogens is 168 g/mol. The van der Waals surface area contributed by atoms with Gasteiger partial charge < -0.3 is 4.74 Å². The van der Waals surface area contributed by atoms with Crippen molar-refractivity contribution >= 4 is 6.09 Å². The van der Waals surface area contributed by atoms with Crippen LogP contribution in [0.1, 0.15) is 27.7 Å². The SMILES string of the molecule is C#C[C@H](C)NNC(=O)OC(C)(C)C. The Hall–Kier alpha value is -1.21. The molecule has 4 heteroatoms. The first-order chi connectivity index (χ1) is 5.85. The van der Waals surface area contributed by atoms with E-state index in [1.165, 1.54) is 0 Å². The second kappa shape index (κ2) is 4.73. The quantitative estimate of drug-likeness (QED) is 0.498. The molecule has 4 nitrogen and oxygen atoms in total. The third-order valence-electron chi connectivity index (χ3n) is 1.04. The van der Waals surface area contributed by atoms with E-state index in [1.807, 2.05) is 0 Å². The Bertz CT molecular complexity index is 213. The van der Waals surface area contributed by atoms with Crippen molar-refractivity contribution in [3.8, 4) is 12.3 Å². The minimum absolute atomic E-state index is 0.215. The van der Waals surface area contributed by atoms with Crippen LogP contribution < -0.4 is 10.9 Å². The molecule has 13 heavy (non-hydrogen) atoms. The smallest absolute Gasteiger partial charge is 0.422 e. The third kappa shape index (κ3) is 7.16. The Morgan fingerprint density at radius 2 is 2.08 bits per heavy atom. The first-order valence-corrected chi connectivity index (χ1v) is 4.06. The monoisotopic (exact) mass is 184 g/mol. The van der Waals surface area contributed by atoms with Crippen molar-refractivity contribution in [2.24, 2.45) is 0 Å². The summed E-state index contributed by atoms with van der Waals surface area (Å²) < 4.78 is 4.95. The predicted octanol–water partition coefficient (Wildman–Crippen LogP) is 1.04. The van der Waals surface area contributed by atoms with Gasteiger partial charge in [0.1, 0.15) is 5.60 Å². The van der Waals surface area contributed by atoms with Crippen LogP contribution in [0.25, 0.3) is 0 Å². The maximum absolute atomic E-state index is 11.0. The van der Waals surface area contributed by atoms with Crippen molar-refractivity contribution in [2.45, 2.75) is 39.3 Å². The zero-order valence-electron chi connectivity index (χ0n) is 8.47. The average Bonchev–Trinajstić information content (AvgIpc) is 1.97. The van der Waals surface area contributed by atoms with E-state index in [1.54, 1.807) is 27.7 Å². The molecule has 0 saturated heterocycles. The molecule has 0 aromatic rings. The van der Waals surface area contributed by atoms with Crippen LogP contribution in [-0.2, 0) is 4.74 Å². The molecule has 0 aliphatic carbocycles. The first kappa shape index (κ1) is 11.8. The number of amides is 1. The number of hydrazine groups is 1. The minimum atomic E-state index is -0.533. The van der Waals surface area contributed by atoms with E-state index >= 15 is 0 Å². The van der Waals surface area contributed by atoms with Crippen LogP contribution in [0.3, 0.4) is 0 Å². The van der Waals surface area contributed by atoms with Gasteiger partial charge in [0.05, 0.1) is 6.04 Å². The van der Waals surface area contributed by atoms with E-state index in [4.69, 9.17) is 11.2 Å². The predicted molar refractivity (Wildman–Crippen MR) is 50.8 cm³/mol. The molecule has 0 aromatic carbocycles. The normalized spacial score (nSPS) is 12.8. The molecule has 0 saturated carbocycles. The Labute approximate surface area is 79.0 Å². The van der Waals surface area contributed by atoms with Crippen LogP contribution in [0.2, 0.25) is 0 Å². The van der Waals surface area contributed by atoms with Crippen molar-refractivity contribution in [3.05, 3.63) is 0 Å². The maximum Gasteiger partial charge on any atom is 0.422 e. The minimum Gasteiger partial charge on any atom is -0.443 e. The van der Waals surface area contributed by atoms with E-state index in [0.29, 0.717) is 0 Å². The van der Waals surface area contributed by atoms with Gasteiger partial charge in [0.2, 0.25) is 0 Å². The summed E-state index contributed by atoms with van der Waals surface area (Å²) in [6.07, 6.45) is 4.55. The Morgan fingerprint density at radius 3 is 2.46 bits per heavy atom. The molecule has 1 amide bonds. The number of ether oxygens (including phenoxy) is 1. The van der Waals surface area contributed by atoms with Crippen LogP contribution in [0.15, 0.2) is 0 Å². The number of carbonyl (C=O) groups excluding carboxylic acids is 1. The molecule has 0 aromatic heterocycles. The molecule has 74 valence electrons. The highest BCUT2D eigenvalue weighted by Crippen LogP contribution is 2.05. The topological polar surface area (TPSA) is 50.4 Å². The van der Waals surface area contributed by atoms with Crippen LogP contribution in [0.4, 0.5) is 4.79 Å². The summed E-state index contributed by atoms with van der Waals surface area (Å²) >= 11 is 0. The van der Waals surface area contributed by atoms with E-state index in [-0.39, 0.29) is 6.04 Å². The summed E-state index contributed by atoms with van der Waals surface area (Å²) in [5.74, 6) is 2.40. The second-order valence-corrected chi connectivity index (χ2v) is 3.66. The van der Waals surface area contributed by atoms with Crippen molar-refractivity contribution in [3.63, 3.8) is 0 Å². The molecule has 0 aliphatic heterocycles. The van der Waals surface area contributed by atoms with Gasteiger partial charge in [0.25, 0.3) is 0 Å². The highest BCUT2D eigenvalue weighted by molar-refractivity contribution is 5.67. The van der Waals surface area contributed by atoms with Crippen molar-refractivity contribution in [2.75, 3.05) is 0 Å². The molecule has 0 spiro atoms. The molecule has 2 N–H and O–H groups in total. The largest absolute Gasteiger partial charge is 0.443 e. The van der Waals surface area contributed by atoms with Gasteiger partial charge >= 0.3 is 6.09 Å². The zero-order chi connectivity index (χ0) is 10.5. The molecule has 0 bridgehead atoms. The maximum atomic E-state index is 11.0. The number of carbonyl (C=O) groups is 1. The third-order valence-corrected chi connectivity index (χ3v) is 1.04. The number of terminal acetylenes is 1. The molecule has 1 atom stereocenters. The molecule has 0 rings (SSSR count). The number of nitrogens with one attached hydrogen (secondary N) is 2. The van der Waals surface area contributed by atoms with Gasteiger partial charge in [-0.25, -0.2) is 10.2 Å². The summed E-state index contributed by atoms with van der Waals surface area (Å²) in [6, 6.07) is -0.215. The summed E-state index contributed by atoms with van der Waals surface area (Å²) in [7, 11) is 0. The fraction of sp³-hybridized carbons (Fsp3) is 0.667. The van der Waals surface area contributed by atoms with Crippen LogP contribution in [-0.4, -0.2) is 17.7 Å². The Balaban J connectivity index is 3.72. The summed E-state index contributed by atoms with van der Waals surface area (Å²) in [6.45, 7) is 7.11. The fourth-order valence-electron chi connectivity index (χ4n) is 0.512. The average molecular weight is 184 g/mol. The molecular formula is C9H16N2O2. The highest BCUT2D eigenvalue weighted by Gasteiger charge is 2.15. The van der Waals surface area contributed by atoms with Crippen molar-refractivity contribution in [1.29, 1.82) is 0 Å². The Kier molecular flexibility index (Phi) is 4.29. The van der Waals surface area contributed by atoms with Crippen LogP contribution in [0, 0.1) is 12.3 Å². The van der Waals surface area contributed by atoms with Gasteiger partial charge in [0.15, 0.2) is 0 Å². The summed E-state index contributed by atoms with van der Waals surface area (Å²) in [5, 5.41) is 0. The van der Waals surface area contributed by atoms with Gasteiger partial charge in [-0.2, -0.15) is 0 Å². The van der Waals surface area contributed by atoms with Crippen LogP contribution in [0.5, 0.6) is 0 Å². The number of hydrogen-bond donors (Lipinski definition) is 2. The zero-order valence-corrected chi connectivity index (χ0v) is 8.47. The van der Waals surface area contributed by atoms with Gasteiger partial charge in [0, 0.05) is 0 Å². The molecule has 0 aliphatic rings. The van der Waals surface area contributed by atoms with Crippen molar-refractivity contribution in [1.82, 2.24) is 10.9 Å². The highest BCUT2D eigenvalue weighted by atomic mass is 16.6. The summed E-state index contributed by atoms with van der Waals surface area (Å²) in [4.78, 5) is 11.0. The van der Waals surface area contributed by atoms with Gasteiger partial charge in [-0.1, -0.05) is 5.92 Å². The van der Waals surface area contributed by atoms with E-state index in [0.717, 1.165) is 0 Å². The molecule has 0 unspecified atom stereocenters. The number of hydrogen-bond acceptors (Lipinski definition) is 3.